The summed E-state index contributed by atoms with van der Waals surface area (Å²) in [7, 11) is 0. The lowest BCUT2D eigenvalue weighted by atomic mass is 9.81. The van der Waals surface area contributed by atoms with E-state index in [0.717, 1.165) is 11.7 Å². The van der Waals surface area contributed by atoms with Crippen molar-refractivity contribution in [3.63, 3.8) is 0 Å². The summed E-state index contributed by atoms with van der Waals surface area (Å²) in [5.74, 6) is 2.87. The highest BCUT2D eigenvalue weighted by Gasteiger charge is 2.28. The van der Waals surface area contributed by atoms with Gasteiger partial charge in [-0.2, -0.15) is 0 Å². The van der Waals surface area contributed by atoms with Crippen molar-refractivity contribution in [2.75, 3.05) is 0 Å². The summed E-state index contributed by atoms with van der Waals surface area (Å²) in [6, 6.07) is 0. The molecule has 1 aliphatic carbocycles. The summed E-state index contributed by atoms with van der Waals surface area (Å²) in [5, 5.41) is 8.88. The van der Waals surface area contributed by atoms with Gasteiger partial charge in [-0.3, -0.25) is 9.15 Å². The molecule has 3 nitrogen and oxygen atoms in total. The average molecular weight is 184 g/mol. The number of rotatable bonds is 2. The van der Waals surface area contributed by atoms with Gasteiger partial charge in [-0.1, -0.05) is 19.8 Å². The highest BCUT2D eigenvalue weighted by molar-refractivity contribution is 5.09. The van der Waals surface area contributed by atoms with Gasteiger partial charge >= 0.3 is 0 Å². The van der Waals surface area contributed by atoms with Crippen LogP contribution in [0.25, 0.3) is 0 Å². The zero-order chi connectivity index (χ0) is 9.26. The van der Waals surface area contributed by atoms with Gasteiger partial charge < -0.3 is 5.11 Å². The second-order valence-corrected chi connectivity index (χ2v) is 4.07. The number of hydrogen-bond donors (Lipinski definition) is 1. The van der Waals surface area contributed by atoms with Crippen molar-refractivity contribution in [1.82, 2.24) is 0 Å². The van der Waals surface area contributed by atoms with Crippen molar-refractivity contribution < 1.29 is 14.3 Å². The molecular formula is C10H16O3. The smallest absolute Gasteiger partial charge is 0.223 e. The first-order valence-electron chi connectivity index (χ1n) is 4.99. The molecule has 1 fully saturated rings. The predicted molar refractivity (Wildman–Crippen MR) is 47.3 cm³/mol. The second kappa shape index (κ2) is 3.58. The first-order chi connectivity index (χ1) is 6.31. The van der Waals surface area contributed by atoms with E-state index in [4.69, 9.17) is 14.3 Å². The first kappa shape index (κ1) is 8.88. The fourth-order valence-electron chi connectivity index (χ4n) is 2.07. The molecule has 0 radical (unpaired) electrons. The molecule has 0 aliphatic heterocycles. The molecule has 1 heterocycles. The van der Waals surface area contributed by atoms with Crippen LogP contribution >= 0.6 is 0 Å². The molecule has 0 amide bonds. The standard InChI is InChI=1S/C10H16O3/c1-7-2-4-8(5-3-7)10-9(6-11)12-13-10/h7-8,11H,2-6H2,1H3. The van der Waals surface area contributed by atoms with Crippen molar-refractivity contribution in [3.05, 3.63) is 11.5 Å². The van der Waals surface area contributed by atoms with Gasteiger partial charge in [0, 0.05) is 5.92 Å². The van der Waals surface area contributed by atoms with Gasteiger partial charge in [-0.15, -0.1) is 0 Å². The van der Waals surface area contributed by atoms with Crippen LogP contribution in [0.3, 0.4) is 0 Å². The third-order valence-electron chi connectivity index (χ3n) is 3.04. The number of aliphatic hydroxyl groups excluding tert-OH is 1. The minimum absolute atomic E-state index is 0.0264. The van der Waals surface area contributed by atoms with Crippen LogP contribution in [-0.2, 0) is 6.61 Å². The summed E-state index contributed by atoms with van der Waals surface area (Å²) in [5.41, 5.74) is 0. The maximum absolute atomic E-state index is 8.88. The summed E-state index contributed by atoms with van der Waals surface area (Å²) in [6.45, 7) is 2.26. The van der Waals surface area contributed by atoms with Gasteiger partial charge in [-0.25, -0.2) is 0 Å². The lowest BCUT2D eigenvalue weighted by Crippen LogP contribution is -2.13. The monoisotopic (exact) mass is 184 g/mol. The third-order valence-corrected chi connectivity index (χ3v) is 3.04. The Hall–Kier alpha value is -0.700. The van der Waals surface area contributed by atoms with Gasteiger partial charge in [0.2, 0.25) is 11.5 Å². The molecule has 0 spiro atoms. The minimum Gasteiger partial charge on any atom is -0.388 e. The Labute approximate surface area is 77.7 Å². The molecule has 1 saturated carbocycles. The van der Waals surface area contributed by atoms with E-state index in [2.05, 4.69) is 6.92 Å². The van der Waals surface area contributed by atoms with E-state index >= 15 is 0 Å². The molecule has 0 unspecified atom stereocenters. The van der Waals surface area contributed by atoms with Crippen LogP contribution in [0.4, 0.5) is 0 Å². The van der Waals surface area contributed by atoms with Crippen LogP contribution in [0.15, 0.2) is 9.15 Å². The summed E-state index contributed by atoms with van der Waals surface area (Å²) >= 11 is 0. The largest absolute Gasteiger partial charge is 0.388 e. The van der Waals surface area contributed by atoms with E-state index in [1.54, 1.807) is 0 Å². The molecule has 1 aromatic rings. The lowest BCUT2D eigenvalue weighted by molar-refractivity contribution is -0.0558. The summed E-state index contributed by atoms with van der Waals surface area (Å²) < 4.78 is 9.63. The lowest BCUT2D eigenvalue weighted by Gasteiger charge is -2.25. The van der Waals surface area contributed by atoms with Gasteiger partial charge in [-0.05, 0) is 18.8 Å². The topological polar surface area (TPSA) is 46.5 Å². The molecule has 0 saturated heterocycles. The van der Waals surface area contributed by atoms with E-state index in [1.165, 1.54) is 25.7 Å². The SMILES string of the molecule is CC1CCC(c2ooc2CO)CC1. The molecule has 0 aromatic carbocycles. The highest BCUT2D eigenvalue weighted by atomic mass is 17.0. The van der Waals surface area contributed by atoms with Crippen LogP contribution < -0.4 is 0 Å². The van der Waals surface area contributed by atoms with E-state index < -0.39 is 0 Å². The van der Waals surface area contributed by atoms with Crippen LogP contribution in [0, 0.1) is 5.92 Å². The Morgan fingerprint density at radius 3 is 2.38 bits per heavy atom. The fraction of sp³-hybridized carbons (Fsp3) is 0.800. The molecule has 3 heteroatoms. The zero-order valence-corrected chi connectivity index (χ0v) is 7.95. The van der Waals surface area contributed by atoms with Crippen LogP contribution in [0.5, 0.6) is 0 Å². The molecule has 2 rings (SSSR count). The molecule has 0 atom stereocenters. The molecule has 1 aliphatic rings. The van der Waals surface area contributed by atoms with Crippen LogP contribution in [-0.4, -0.2) is 5.11 Å². The van der Waals surface area contributed by atoms with Crippen molar-refractivity contribution in [2.24, 2.45) is 5.92 Å². The Morgan fingerprint density at radius 1 is 1.23 bits per heavy atom. The first-order valence-corrected chi connectivity index (χ1v) is 4.99. The Bertz CT molecular complexity index is 253. The molecular weight excluding hydrogens is 168 g/mol. The van der Waals surface area contributed by atoms with Crippen LogP contribution in [0.1, 0.15) is 50.0 Å². The summed E-state index contributed by atoms with van der Waals surface area (Å²) in [4.78, 5) is 0. The van der Waals surface area contributed by atoms with Gasteiger partial charge in [0.05, 0.1) is 0 Å². The van der Waals surface area contributed by atoms with Gasteiger partial charge in [0.25, 0.3) is 0 Å². The van der Waals surface area contributed by atoms with Crippen molar-refractivity contribution >= 4 is 0 Å². The predicted octanol–water partition coefficient (Wildman–Crippen LogP) is 2.66. The molecule has 1 N–H and O–H groups in total. The van der Waals surface area contributed by atoms with Crippen molar-refractivity contribution in [3.8, 4) is 0 Å². The fourth-order valence-corrected chi connectivity index (χ4v) is 2.07. The van der Waals surface area contributed by atoms with Crippen molar-refractivity contribution in [1.29, 1.82) is 0 Å². The van der Waals surface area contributed by atoms with Gasteiger partial charge in [0.15, 0.2) is 0 Å². The third kappa shape index (κ3) is 1.66. The molecule has 1 aromatic heterocycles. The zero-order valence-electron chi connectivity index (χ0n) is 7.95. The highest BCUT2D eigenvalue weighted by Crippen LogP contribution is 2.38. The molecule has 0 bridgehead atoms. The quantitative estimate of drug-likeness (QED) is 0.719. The van der Waals surface area contributed by atoms with Crippen LogP contribution in [0.2, 0.25) is 0 Å². The van der Waals surface area contributed by atoms with Gasteiger partial charge in [0.1, 0.15) is 6.61 Å². The normalized spacial score (nSPS) is 29.4. The maximum atomic E-state index is 8.88. The number of hydrogen-bond acceptors (Lipinski definition) is 3. The summed E-state index contributed by atoms with van der Waals surface area (Å²) in [6.07, 6.45) is 4.86. The van der Waals surface area contributed by atoms with Crippen molar-refractivity contribution in [2.45, 2.75) is 45.1 Å². The van der Waals surface area contributed by atoms with E-state index in [1.807, 2.05) is 0 Å². The second-order valence-electron chi connectivity index (χ2n) is 4.07. The van der Waals surface area contributed by atoms with E-state index in [9.17, 15) is 0 Å². The Morgan fingerprint density at radius 2 is 1.92 bits per heavy atom. The Kier molecular flexibility index (Phi) is 2.44. The minimum atomic E-state index is -0.0264. The van der Waals surface area contributed by atoms with E-state index in [-0.39, 0.29) is 6.61 Å². The molecule has 74 valence electrons. The molecule has 13 heavy (non-hydrogen) atoms. The number of aliphatic hydroxyl groups is 1. The van der Waals surface area contributed by atoms with E-state index in [0.29, 0.717) is 11.7 Å². The Balaban J connectivity index is 1.96. The average Bonchev–Trinajstić information content (AvgIpc) is 2.08. The maximum Gasteiger partial charge on any atom is 0.223 e.